The molecule has 1 aliphatic heterocycles. The first-order valence-corrected chi connectivity index (χ1v) is 13.7. The summed E-state index contributed by atoms with van der Waals surface area (Å²) in [6.07, 6.45) is 2.48. The molecule has 12 nitrogen and oxygen atoms in total. The molecule has 0 spiro atoms. The zero-order valence-corrected chi connectivity index (χ0v) is 23.3. The largest absolute Gasteiger partial charge is 0.355 e. The number of aromatic amines is 1. The van der Waals surface area contributed by atoms with Gasteiger partial charge in [-0.2, -0.15) is 10.5 Å². The Kier molecular flexibility index (Phi) is 7.81. The van der Waals surface area contributed by atoms with Crippen LogP contribution in [0.4, 0.5) is 0 Å². The van der Waals surface area contributed by atoms with Crippen molar-refractivity contribution in [3.8, 4) is 6.07 Å². The molecule has 0 unspecified atom stereocenters. The van der Waals surface area contributed by atoms with Crippen molar-refractivity contribution in [2.45, 2.75) is 50.1 Å². The predicted octanol–water partition coefficient (Wildman–Crippen LogP) is 1.04. The normalized spacial score (nSPS) is 17.6. The van der Waals surface area contributed by atoms with Crippen molar-refractivity contribution in [2.75, 3.05) is 27.2 Å². The maximum absolute atomic E-state index is 13.0. The summed E-state index contributed by atoms with van der Waals surface area (Å²) in [5.74, 6) is -0.0587. The number of nitriles is 1. The number of aromatic nitrogens is 4. The Labute approximate surface area is 237 Å². The lowest BCUT2D eigenvalue weighted by Crippen LogP contribution is -2.46. The minimum Gasteiger partial charge on any atom is -0.355 e. The third-order valence-electron chi connectivity index (χ3n) is 8.15. The number of fused-ring (bicyclic) bond motifs is 2. The van der Waals surface area contributed by atoms with Gasteiger partial charge in [0.05, 0.1) is 18.0 Å². The molecule has 2 aromatic carbocycles. The molecule has 0 bridgehead atoms. The molecule has 41 heavy (non-hydrogen) atoms. The summed E-state index contributed by atoms with van der Waals surface area (Å²) in [6, 6.07) is 12.8. The quantitative estimate of drug-likeness (QED) is 0.320. The summed E-state index contributed by atoms with van der Waals surface area (Å²) < 4.78 is 0. The fourth-order valence-electron chi connectivity index (χ4n) is 6.22. The highest BCUT2D eigenvalue weighted by Gasteiger charge is 2.47. The van der Waals surface area contributed by atoms with E-state index in [1.54, 1.807) is 31.1 Å². The number of benzene rings is 2. The third-order valence-corrected chi connectivity index (χ3v) is 8.15. The third kappa shape index (κ3) is 5.04. The van der Waals surface area contributed by atoms with Crippen LogP contribution in [-0.2, 0) is 16.6 Å². The van der Waals surface area contributed by atoms with Gasteiger partial charge in [-0.05, 0) is 79.1 Å². The SMILES string of the molecule is CNC(=O)c1ccc2c(c1)Cc1cc(C(=O)NC)ccc1C2(C[C@H](C)NCC(=O)N1CCC[C@H]1C#N)c1nn[nH]n1. The second-order valence-electron chi connectivity index (χ2n) is 10.6. The summed E-state index contributed by atoms with van der Waals surface area (Å²) >= 11 is 0. The van der Waals surface area contributed by atoms with E-state index in [0.717, 1.165) is 28.7 Å². The Morgan fingerprint density at radius 2 is 1.73 bits per heavy atom. The zero-order valence-electron chi connectivity index (χ0n) is 23.3. The summed E-state index contributed by atoms with van der Waals surface area (Å²) in [5, 5.41) is 33.5. The first-order valence-electron chi connectivity index (χ1n) is 13.7. The topological polar surface area (TPSA) is 169 Å². The van der Waals surface area contributed by atoms with Crippen molar-refractivity contribution in [1.82, 2.24) is 41.5 Å². The van der Waals surface area contributed by atoms with Crippen LogP contribution in [0.15, 0.2) is 36.4 Å². The maximum Gasteiger partial charge on any atom is 0.251 e. The molecular weight excluding hydrogens is 522 g/mol. The Bertz CT molecular complexity index is 1450. The second kappa shape index (κ2) is 11.5. The van der Waals surface area contributed by atoms with Gasteiger partial charge in [0.2, 0.25) is 5.91 Å². The number of nitrogens with zero attached hydrogens (tertiary/aromatic N) is 5. The molecule has 0 saturated carbocycles. The summed E-state index contributed by atoms with van der Waals surface area (Å²) in [7, 11) is 3.18. The van der Waals surface area contributed by atoms with Crippen LogP contribution in [0.1, 0.15) is 75.0 Å². The van der Waals surface area contributed by atoms with E-state index in [1.807, 2.05) is 31.2 Å². The first kappa shape index (κ1) is 27.9. The fraction of sp³-hybridized carbons (Fsp3) is 0.414. The number of rotatable bonds is 8. The Balaban J connectivity index is 1.57. The molecular formula is C29H33N9O3. The zero-order chi connectivity index (χ0) is 29.1. The van der Waals surface area contributed by atoms with Gasteiger partial charge < -0.3 is 20.9 Å². The van der Waals surface area contributed by atoms with Gasteiger partial charge in [-0.15, -0.1) is 10.2 Å². The molecule has 5 rings (SSSR count). The van der Waals surface area contributed by atoms with Gasteiger partial charge in [-0.3, -0.25) is 14.4 Å². The number of hydrogen-bond acceptors (Lipinski definition) is 8. The molecule has 2 aliphatic rings. The van der Waals surface area contributed by atoms with Crippen LogP contribution in [0.3, 0.4) is 0 Å². The summed E-state index contributed by atoms with van der Waals surface area (Å²) in [6.45, 7) is 2.67. The minimum atomic E-state index is -0.892. The van der Waals surface area contributed by atoms with Gasteiger partial charge in [0, 0.05) is 37.8 Å². The number of amides is 3. The van der Waals surface area contributed by atoms with Crippen LogP contribution in [0.5, 0.6) is 0 Å². The van der Waals surface area contributed by atoms with E-state index in [1.165, 1.54) is 0 Å². The van der Waals surface area contributed by atoms with Crippen LogP contribution < -0.4 is 16.0 Å². The average Bonchev–Trinajstić information content (AvgIpc) is 3.71. The fourth-order valence-corrected chi connectivity index (χ4v) is 6.22. The average molecular weight is 556 g/mol. The van der Waals surface area contributed by atoms with Crippen LogP contribution in [0.25, 0.3) is 0 Å². The molecule has 4 N–H and O–H groups in total. The van der Waals surface area contributed by atoms with Crippen molar-refractivity contribution in [3.63, 3.8) is 0 Å². The number of carbonyl (C=O) groups is 3. The number of H-pyrrole nitrogens is 1. The van der Waals surface area contributed by atoms with Crippen molar-refractivity contribution in [3.05, 3.63) is 75.6 Å². The number of hydrogen-bond donors (Lipinski definition) is 4. The standard InChI is InChI=1S/C29H33N9O3/c1-17(33-16-25(39)38-10-4-5-22(38)15-30)14-29(28-34-36-37-35-28)23-8-6-18(26(40)31-2)11-20(23)13-21-12-19(27(41)32-3)7-9-24(21)29/h6-9,11-12,17,22,33H,4-5,10,13-14,16H2,1-3H3,(H,31,40)(H,32,41)(H,34,35,36,37)/t17-,22-/m0/s1. The van der Waals surface area contributed by atoms with Gasteiger partial charge in [-0.1, -0.05) is 17.3 Å². The molecule has 3 amide bonds. The highest BCUT2D eigenvalue weighted by molar-refractivity contribution is 5.95. The Morgan fingerprint density at radius 1 is 1.10 bits per heavy atom. The van der Waals surface area contributed by atoms with E-state index in [-0.39, 0.29) is 36.3 Å². The van der Waals surface area contributed by atoms with Gasteiger partial charge in [0.15, 0.2) is 5.82 Å². The van der Waals surface area contributed by atoms with E-state index in [9.17, 15) is 19.6 Å². The molecule has 1 saturated heterocycles. The second-order valence-corrected chi connectivity index (χ2v) is 10.6. The van der Waals surface area contributed by atoms with Crippen LogP contribution >= 0.6 is 0 Å². The number of carbonyl (C=O) groups excluding carboxylic acids is 3. The predicted molar refractivity (Wildman–Crippen MR) is 149 cm³/mol. The van der Waals surface area contributed by atoms with Gasteiger partial charge in [0.25, 0.3) is 11.8 Å². The Hall–Kier alpha value is -4.63. The first-order chi connectivity index (χ1) is 19.8. The summed E-state index contributed by atoms with van der Waals surface area (Å²) in [4.78, 5) is 39.7. The molecule has 212 valence electrons. The van der Waals surface area contributed by atoms with E-state index < -0.39 is 5.41 Å². The smallest absolute Gasteiger partial charge is 0.251 e. The minimum absolute atomic E-state index is 0.0899. The lowest BCUT2D eigenvalue weighted by Gasteiger charge is -2.41. The van der Waals surface area contributed by atoms with E-state index in [2.05, 4.69) is 42.6 Å². The number of tetrazole rings is 1. The van der Waals surface area contributed by atoms with Crippen molar-refractivity contribution in [1.29, 1.82) is 5.26 Å². The molecule has 1 fully saturated rings. The molecule has 2 atom stereocenters. The lowest BCUT2D eigenvalue weighted by molar-refractivity contribution is -0.130. The van der Waals surface area contributed by atoms with Gasteiger partial charge in [0.1, 0.15) is 6.04 Å². The van der Waals surface area contributed by atoms with Gasteiger partial charge >= 0.3 is 0 Å². The van der Waals surface area contributed by atoms with Crippen molar-refractivity contribution >= 4 is 17.7 Å². The molecule has 3 aromatic rings. The molecule has 12 heteroatoms. The lowest BCUT2D eigenvalue weighted by atomic mass is 9.62. The van der Waals surface area contributed by atoms with E-state index >= 15 is 0 Å². The number of likely N-dealkylation sites (tertiary alicyclic amines) is 1. The van der Waals surface area contributed by atoms with Crippen molar-refractivity contribution < 1.29 is 14.4 Å². The maximum atomic E-state index is 13.0. The highest BCUT2D eigenvalue weighted by atomic mass is 16.2. The summed E-state index contributed by atoms with van der Waals surface area (Å²) in [5.41, 5.74) is 3.83. The molecule has 1 aromatic heterocycles. The molecule has 0 radical (unpaired) electrons. The highest BCUT2D eigenvalue weighted by Crippen LogP contribution is 2.48. The van der Waals surface area contributed by atoms with Crippen LogP contribution in [0.2, 0.25) is 0 Å². The Morgan fingerprint density at radius 3 is 2.27 bits per heavy atom. The van der Waals surface area contributed by atoms with E-state index in [4.69, 9.17) is 0 Å². The van der Waals surface area contributed by atoms with Crippen molar-refractivity contribution in [2.24, 2.45) is 0 Å². The molecule has 1 aliphatic carbocycles. The van der Waals surface area contributed by atoms with Gasteiger partial charge in [-0.25, -0.2) is 0 Å². The molecule has 2 heterocycles. The number of nitrogens with one attached hydrogen (secondary N) is 4. The van der Waals surface area contributed by atoms with E-state index in [0.29, 0.717) is 42.8 Å². The monoisotopic (exact) mass is 555 g/mol. The van der Waals surface area contributed by atoms with Crippen LogP contribution in [0, 0.1) is 11.3 Å². The van der Waals surface area contributed by atoms with Crippen LogP contribution in [-0.4, -0.2) is 82.5 Å².